The van der Waals surface area contributed by atoms with Gasteiger partial charge in [-0.05, 0) is 42.5 Å². The number of esters is 1. The molecule has 8 nitrogen and oxygen atoms in total. The number of carbonyl (C=O) groups excluding carboxylic acids is 3. The molecule has 0 aliphatic carbocycles. The van der Waals surface area contributed by atoms with Crippen LogP contribution in [0, 0.1) is 0 Å². The average Bonchev–Trinajstić information content (AvgIpc) is 3.26. The van der Waals surface area contributed by atoms with Crippen LogP contribution in [0.2, 0.25) is 0 Å². The van der Waals surface area contributed by atoms with Gasteiger partial charge in [0.05, 0.1) is 19.0 Å². The van der Waals surface area contributed by atoms with Gasteiger partial charge in [-0.1, -0.05) is 18.2 Å². The Labute approximate surface area is 173 Å². The molecule has 0 saturated heterocycles. The summed E-state index contributed by atoms with van der Waals surface area (Å²) in [4.78, 5) is 35.1. The van der Waals surface area contributed by atoms with E-state index in [2.05, 4.69) is 20.5 Å². The third-order valence-electron chi connectivity index (χ3n) is 4.09. The first-order valence-corrected chi connectivity index (χ1v) is 9.09. The summed E-state index contributed by atoms with van der Waals surface area (Å²) in [7, 11) is 1.25. The molecule has 2 aromatic carbocycles. The van der Waals surface area contributed by atoms with E-state index in [0.717, 1.165) is 11.3 Å². The highest BCUT2D eigenvalue weighted by molar-refractivity contribution is 6.02. The molecular formula is C22H20N4O4. The van der Waals surface area contributed by atoms with E-state index in [1.165, 1.54) is 13.2 Å². The second-order valence-corrected chi connectivity index (χ2v) is 6.21. The van der Waals surface area contributed by atoms with Gasteiger partial charge >= 0.3 is 5.97 Å². The highest BCUT2D eigenvalue weighted by Crippen LogP contribution is 2.11. The predicted octanol–water partition coefficient (Wildman–Crippen LogP) is 2.43. The molecule has 0 saturated carbocycles. The molecule has 152 valence electrons. The number of hydrogen-bond donors (Lipinski definition) is 2. The van der Waals surface area contributed by atoms with E-state index in [-0.39, 0.29) is 12.5 Å². The van der Waals surface area contributed by atoms with E-state index < -0.39 is 11.9 Å². The van der Waals surface area contributed by atoms with Gasteiger partial charge in [-0.15, -0.1) is 0 Å². The van der Waals surface area contributed by atoms with Crippen LogP contribution >= 0.6 is 0 Å². The van der Waals surface area contributed by atoms with Gasteiger partial charge in [0.1, 0.15) is 6.54 Å². The van der Waals surface area contributed by atoms with Gasteiger partial charge < -0.3 is 15.4 Å². The van der Waals surface area contributed by atoms with Crippen molar-refractivity contribution in [1.82, 2.24) is 15.1 Å². The van der Waals surface area contributed by atoms with Gasteiger partial charge in [-0.2, -0.15) is 5.10 Å². The van der Waals surface area contributed by atoms with Gasteiger partial charge in [0, 0.05) is 29.1 Å². The number of carbonyl (C=O) groups is 3. The van der Waals surface area contributed by atoms with Crippen molar-refractivity contribution in [2.75, 3.05) is 19.0 Å². The van der Waals surface area contributed by atoms with Crippen molar-refractivity contribution in [3.05, 3.63) is 84.2 Å². The zero-order valence-corrected chi connectivity index (χ0v) is 16.2. The molecule has 2 amide bonds. The van der Waals surface area contributed by atoms with E-state index in [0.29, 0.717) is 11.3 Å². The van der Waals surface area contributed by atoms with Gasteiger partial charge in [0.2, 0.25) is 5.91 Å². The maximum atomic E-state index is 12.1. The lowest BCUT2D eigenvalue weighted by atomic mass is 10.2. The molecule has 30 heavy (non-hydrogen) atoms. The number of methoxy groups -OCH3 is 1. The van der Waals surface area contributed by atoms with Crippen LogP contribution in [0.5, 0.6) is 0 Å². The van der Waals surface area contributed by atoms with Gasteiger partial charge in [0.25, 0.3) is 5.91 Å². The van der Waals surface area contributed by atoms with E-state index in [1.807, 2.05) is 36.5 Å². The molecule has 3 aromatic rings. The van der Waals surface area contributed by atoms with Crippen molar-refractivity contribution in [2.24, 2.45) is 0 Å². The number of para-hydroxylation sites is 1. The number of hydrogen-bond acceptors (Lipinski definition) is 5. The third-order valence-corrected chi connectivity index (χ3v) is 4.09. The number of anilines is 1. The van der Waals surface area contributed by atoms with Crippen molar-refractivity contribution in [3.8, 4) is 5.69 Å². The molecular weight excluding hydrogens is 384 g/mol. The molecule has 3 rings (SSSR count). The minimum absolute atomic E-state index is 0.209. The molecule has 0 atom stereocenters. The van der Waals surface area contributed by atoms with E-state index in [1.54, 1.807) is 41.2 Å². The van der Waals surface area contributed by atoms with Crippen LogP contribution in [-0.4, -0.2) is 41.2 Å². The number of rotatable bonds is 7. The van der Waals surface area contributed by atoms with E-state index in [4.69, 9.17) is 0 Å². The van der Waals surface area contributed by atoms with Crippen molar-refractivity contribution in [1.29, 1.82) is 0 Å². The first kappa shape index (κ1) is 20.5. The average molecular weight is 404 g/mol. The Morgan fingerprint density at radius 2 is 1.80 bits per heavy atom. The van der Waals surface area contributed by atoms with Crippen molar-refractivity contribution < 1.29 is 19.1 Å². The van der Waals surface area contributed by atoms with Gasteiger partial charge in [-0.3, -0.25) is 14.4 Å². The number of aromatic nitrogens is 2. The molecule has 0 aliphatic heterocycles. The number of ether oxygens (including phenoxy) is 1. The van der Waals surface area contributed by atoms with Crippen LogP contribution in [0.3, 0.4) is 0 Å². The molecule has 0 bridgehead atoms. The topological polar surface area (TPSA) is 102 Å². The maximum Gasteiger partial charge on any atom is 0.325 e. The molecule has 0 radical (unpaired) electrons. The number of nitrogens with one attached hydrogen (secondary N) is 2. The van der Waals surface area contributed by atoms with Gasteiger partial charge in [-0.25, -0.2) is 4.68 Å². The first-order chi connectivity index (χ1) is 14.5. The largest absolute Gasteiger partial charge is 0.468 e. The SMILES string of the molecule is COC(=O)CNC(=O)c1ccc(NC(=O)/C=C/c2cnn(-c3ccccc3)c2)cc1. The highest BCUT2D eigenvalue weighted by atomic mass is 16.5. The summed E-state index contributed by atoms with van der Waals surface area (Å²) in [5.41, 5.74) is 2.61. The van der Waals surface area contributed by atoms with Crippen molar-refractivity contribution in [3.63, 3.8) is 0 Å². The lowest BCUT2D eigenvalue weighted by molar-refractivity contribution is -0.139. The third kappa shape index (κ3) is 5.65. The Balaban J connectivity index is 1.54. The highest BCUT2D eigenvalue weighted by Gasteiger charge is 2.08. The fourth-order valence-corrected chi connectivity index (χ4v) is 2.53. The normalized spacial score (nSPS) is 10.6. The summed E-state index contributed by atoms with van der Waals surface area (Å²) in [6.07, 6.45) is 6.55. The zero-order chi connectivity index (χ0) is 21.3. The van der Waals surface area contributed by atoms with Crippen molar-refractivity contribution in [2.45, 2.75) is 0 Å². The summed E-state index contributed by atoms with van der Waals surface area (Å²) in [6, 6.07) is 16.0. The second-order valence-electron chi connectivity index (χ2n) is 6.21. The van der Waals surface area contributed by atoms with Crippen LogP contribution in [0.25, 0.3) is 11.8 Å². The van der Waals surface area contributed by atoms with Crippen LogP contribution in [0.4, 0.5) is 5.69 Å². The summed E-state index contributed by atoms with van der Waals surface area (Å²) >= 11 is 0. The molecule has 1 aromatic heterocycles. The molecule has 0 unspecified atom stereocenters. The van der Waals surface area contributed by atoms with Crippen LogP contribution in [0.1, 0.15) is 15.9 Å². The lowest BCUT2D eigenvalue weighted by Gasteiger charge is -2.06. The molecule has 0 aliphatic rings. The standard InChI is InChI=1S/C22H20N4O4/c1-30-21(28)14-23-22(29)17-8-10-18(11-9-17)25-20(27)12-7-16-13-24-26(15-16)19-5-3-2-4-6-19/h2-13,15H,14H2,1H3,(H,23,29)(H,25,27)/b12-7+. The maximum absolute atomic E-state index is 12.1. The number of nitrogens with zero attached hydrogens (tertiary/aromatic N) is 2. The minimum Gasteiger partial charge on any atom is -0.468 e. The predicted molar refractivity (Wildman–Crippen MR) is 112 cm³/mol. The second kappa shape index (κ2) is 9.83. The van der Waals surface area contributed by atoms with E-state index in [9.17, 15) is 14.4 Å². The summed E-state index contributed by atoms with van der Waals surface area (Å²) < 4.78 is 6.19. The van der Waals surface area contributed by atoms with Crippen LogP contribution in [-0.2, 0) is 14.3 Å². The van der Waals surface area contributed by atoms with Crippen molar-refractivity contribution >= 4 is 29.5 Å². The first-order valence-electron chi connectivity index (χ1n) is 9.09. The molecule has 0 spiro atoms. The molecule has 1 heterocycles. The lowest BCUT2D eigenvalue weighted by Crippen LogP contribution is -2.30. The zero-order valence-electron chi connectivity index (χ0n) is 16.2. The molecule has 2 N–H and O–H groups in total. The Morgan fingerprint density at radius 3 is 2.50 bits per heavy atom. The van der Waals surface area contributed by atoms with Crippen LogP contribution < -0.4 is 10.6 Å². The van der Waals surface area contributed by atoms with Gasteiger partial charge in [0.15, 0.2) is 0 Å². The Hall–Kier alpha value is -4.20. The van der Waals surface area contributed by atoms with Crippen LogP contribution in [0.15, 0.2) is 73.1 Å². The number of benzene rings is 2. The monoisotopic (exact) mass is 404 g/mol. The quantitative estimate of drug-likeness (QED) is 0.465. The summed E-state index contributed by atoms with van der Waals surface area (Å²) in [5.74, 6) is -1.26. The van der Waals surface area contributed by atoms with E-state index >= 15 is 0 Å². The number of amides is 2. The molecule has 0 fully saturated rings. The fraction of sp³-hybridized carbons (Fsp3) is 0.0909. The Morgan fingerprint density at radius 1 is 1.07 bits per heavy atom. The summed E-state index contributed by atoms with van der Waals surface area (Å²) in [5, 5.41) is 9.43. The minimum atomic E-state index is -0.534. The smallest absolute Gasteiger partial charge is 0.325 e. The Bertz CT molecular complexity index is 1060. The summed E-state index contributed by atoms with van der Waals surface area (Å²) in [6.45, 7) is -0.209. The molecule has 8 heteroatoms. The Kier molecular flexibility index (Phi) is 6.73. The fourth-order valence-electron chi connectivity index (χ4n) is 2.53.